The molecule has 108 valence electrons. The summed E-state index contributed by atoms with van der Waals surface area (Å²) in [6.45, 7) is 9.20. The van der Waals surface area contributed by atoms with Gasteiger partial charge >= 0.3 is 0 Å². The topological polar surface area (TPSA) is 42.5 Å². The summed E-state index contributed by atoms with van der Waals surface area (Å²) in [7, 11) is 1.96. The van der Waals surface area contributed by atoms with Crippen molar-refractivity contribution < 1.29 is 9.47 Å². The normalized spacial score (nSPS) is 12.2. The third-order valence-electron chi connectivity index (χ3n) is 2.77. The smallest absolute Gasteiger partial charge is 0.161 e. The van der Waals surface area contributed by atoms with Gasteiger partial charge in [-0.3, -0.25) is 0 Å². The van der Waals surface area contributed by atoms with E-state index in [9.17, 15) is 0 Å². The molecule has 0 aromatic heterocycles. The number of hydrogen-bond donors (Lipinski definition) is 2. The van der Waals surface area contributed by atoms with Crippen LogP contribution in [0.25, 0.3) is 0 Å². The van der Waals surface area contributed by atoms with E-state index in [1.165, 1.54) is 5.56 Å². The molecule has 0 heterocycles. The Hall–Kier alpha value is -1.26. The molecule has 19 heavy (non-hydrogen) atoms. The Bertz CT molecular complexity index is 369. The van der Waals surface area contributed by atoms with Gasteiger partial charge in [-0.1, -0.05) is 6.07 Å². The third-order valence-corrected chi connectivity index (χ3v) is 2.77. The molecule has 1 rings (SSSR count). The molecule has 0 aliphatic carbocycles. The first-order chi connectivity index (χ1) is 9.21. The van der Waals surface area contributed by atoms with Crippen molar-refractivity contribution in [3.63, 3.8) is 0 Å². The van der Waals surface area contributed by atoms with Crippen molar-refractivity contribution in [2.75, 3.05) is 26.8 Å². The monoisotopic (exact) mass is 266 g/mol. The molecule has 0 aliphatic heterocycles. The van der Waals surface area contributed by atoms with Gasteiger partial charge in [0.25, 0.3) is 0 Å². The van der Waals surface area contributed by atoms with Gasteiger partial charge in [-0.2, -0.15) is 0 Å². The maximum atomic E-state index is 5.62. The van der Waals surface area contributed by atoms with Crippen LogP contribution in [0.1, 0.15) is 26.3 Å². The van der Waals surface area contributed by atoms with Crippen molar-refractivity contribution in [3.05, 3.63) is 23.8 Å². The zero-order valence-electron chi connectivity index (χ0n) is 12.5. The Morgan fingerprint density at radius 1 is 1.11 bits per heavy atom. The molecule has 0 saturated heterocycles. The lowest BCUT2D eigenvalue weighted by molar-refractivity contribution is 0.287. The van der Waals surface area contributed by atoms with Crippen molar-refractivity contribution in [2.45, 2.75) is 33.4 Å². The molecule has 1 aromatic carbocycles. The average molecular weight is 266 g/mol. The van der Waals surface area contributed by atoms with Gasteiger partial charge in [-0.25, -0.2) is 0 Å². The van der Waals surface area contributed by atoms with Crippen LogP contribution in [0.3, 0.4) is 0 Å². The van der Waals surface area contributed by atoms with Crippen LogP contribution in [-0.4, -0.2) is 32.8 Å². The molecule has 0 spiro atoms. The summed E-state index contributed by atoms with van der Waals surface area (Å²) in [5.41, 5.74) is 1.20. The van der Waals surface area contributed by atoms with E-state index in [0.717, 1.165) is 24.6 Å². The molecule has 4 heteroatoms. The van der Waals surface area contributed by atoms with Crippen LogP contribution in [0, 0.1) is 0 Å². The summed E-state index contributed by atoms with van der Waals surface area (Å²) < 4.78 is 11.2. The second-order valence-corrected chi connectivity index (χ2v) is 4.49. The largest absolute Gasteiger partial charge is 0.490 e. The minimum absolute atomic E-state index is 0.437. The first kappa shape index (κ1) is 15.8. The average Bonchev–Trinajstić information content (AvgIpc) is 2.40. The highest BCUT2D eigenvalue weighted by Crippen LogP contribution is 2.28. The van der Waals surface area contributed by atoms with E-state index in [2.05, 4.69) is 23.6 Å². The molecule has 0 amide bonds. The van der Waals surface area contributed by atoms with E-state index in [1.807, 2.05) is 33.0 Å². The minimum atomic E-state index is 0.437. The summed E-state index contributed by atoms with van der Waals surface area (Å²) >= 11 is 0. The van der Waals surface area contributed by atoms with Gasteiger partial charge in [-0.05, 0) is 45.5 Å². The van der Waals surface area contributed by atoms with Gasteiger partial charge in [0.2, 0.25) is 0 Å². The lowest BCUT2D eigenvalue weighted by atomic mass is 10.2. The molecular formula is C15H26N2O2. The number of benzene rings is 1. The van der Waals surface area contributed by atoms with Crippen molar-refractivity contribution >= 4 is 0 Å². The lowest BCUT2D eigenvalue weighted by Crippen LogP contribution is -2.34. The molecule has 0 fully saturated rings. The third kappa shape index (κ3) is 5.49. The molecule has 1 atom stereocenters. The van der Waals surface area contributed by atoms with Crippen molar-refractivity contribution in [1.29, 1.82) is 0 Å². The molecule has 2 N–H and O–H groups in total. The molecule has 1 unspecified atom stereocenters. The van der Waals surface area contributed by atoms with Crippen molar-refractivity contribution in [3.8, 4) is 11.5 Å². The maximum Gasteiger partial charge on any atom is 0.161 e. The second-order valence-electron chi connectivity index (χ2n) is 4.49. The van der Waals surface area contributed by atoms with Crippen LogP contribution in [-0.2, 0) is 6.54 Å². The summed E-state index contributed by atoms with van der Waals surface area (Å²) in [5.74, 6) is 1.64. The minimum Gasteiger partial charge on any atom is -0.490 e. The predicted molar refractivity (Wildman–Crippen MR) is 79.0 cm³/mol. The molecule has 4 nitrogen and oxygen atoms in total. The molecular weight excluding hydrogens is 240 g/mol. The van der Waals surface area contributed by atoms with Crippen molar-refractivity contribution in [2.24, 2.45) is 0 Å². The molecule has 1 aromatic rings. The summed E-state index contributed by atoms with van der Waals surface area (Å²) in [6.07, 6.45) is 0. The van der Waals surface area contributed by atoms with E-state index in [-0.39, 0.29) is 0 Å². The highest BCUT2D eigenvalue weighted by Gasteiger charge is 2.07. The van der Waals surface area contributed by atoms with Crippen LogP contribution < -0.4 is 20.1 Å². The van der Waals surface area contributed by atoms with E-state index in [1.54, 1.807) is 0 Å². The maximum absolute atomic E-state index is 5.62. The zero-order valence-corrected chi connectivity index (χ0v) is 12.5. The van der Waals surface area contributed by atoms with Gasteiger partial charge in [0.1, 0.15) is 0 Å². The van der Waals surface area contributed by atoms with Crippen LogP contribution >= 0.6 is 0 Å². The zero-order chi connectivity index (χ0) is 14.1. The Morgan fingerprint density at radius 2 is 1.79 bits per heavy atom. The second kappa shape index (κ2) is 8.77. The molecule has 0 radical (unpaired) electrons. The first-order valence-electron chi connectivity index (χ1n) is 6.97. The highest BCUT2D eigenvalue weighted by atomic mass is 16.5. The number of hydrogen-bond acceptors (Lipinski definition) is 4. The van der Waals surface area contributed by atoms with Gasteiger partial charge in [0.15, 0.2) is 11.5 Å². The molecule has 0 saturated carbocycles. The highest BCUT2D eigenvalue weighted by molar-refractivity contribution is 5.43. The number of nitrogens with one attached hydrogen (secondary N) is 2. The van der Waals surface area contributed by atoms with Crippen LogP contribution in [0.2, 0.25) is 0 Å². The number of rotatable bonds is 9. The SMILES string of the molecule is CCOc1ccc(CNC(C)CNC)cc1OCC. The van der Waals surface area contributed by atoms with Crippen LogP contribution in [0.15, 0.2) is 18.2 Å². The Labute approximate surface area is 116 Å². The molecule has 0 aliphatic rings. The van der Waals surface area contributed by atoms with Crippen LogP contribution in [0.5, 0.6) is 11.5 Å². The first-order valence-corrected chi connectivity index (χ1v) is 6.97. The van der Waals surface area contributed by atoms with E-state index >= 15 is 0 Å². The van der Waals surface area contributed by atoms with Gasteiger partial charge in [-0.15, -0.1) is 0 Å². The molecule has 0 bridgehead atoms. The Morgan fingerprint density at radius 3 is 2.42 bits per heavy atom. The summed E-state index contributed by atoms with van der Waals surface area (Å²) in [6, 6.07) is 6.54. The fraction of sp³-hybridized carbons (Fsp3) is 0.600. The Kier molecular flexibility index (Phi) is 7.30. The van der Waals surface area contributed by atoms with Gasteiger partial charge < -0.3 is 20.1 Å². The number of likely N-dealkylation sites (N-methyl/N-ethyl adjacent to an activating group) is 1. The Balaban J connectivity index is 2.66. The fourth-order valence-electron chi connectivity index (χ4n) is 1.88. The summed E-state index contributed by atoms with van der Waals surface area (Å²) in [5, 5.41) is 6.62. The lowest BCUT2D eigenvalue weighted by Gasteiger charge is -2.15. The van der Waals surface area contributed by atoms with Gasteiger partial charge in [0, 0.05) is 19.1 Å². The quantitative estimate of drug-likeness (QED) is 0.719. The predicted octanol–water partition coefficient (Wildman–Crippen LogP) is 2.18. The summed E-state index contributed by atoms with van der Waals surface area (Å²) in [4.78, 5) is 0. The van der Waals surface area contributed by atoms with E-state index in [4.69, 9.17) is 9.47 Å². The van der Waals surface area contributed by atoms with Crippen molar-refractivity contribution in [1.82, 2.24) is 10.6 Å². The van der Waals surface area contributed by atoms with Gasteiger partial charge in [0.05, 0.1) is 13.2 Å². The van der Waals surface area contributed by atoms with E-state index in [0.29, 0.717) is 19.3 Å². The van der Waals surface area contributed by atoms with Crippen LogP contribution in [0.4, 0.5) is 0 Å². The number of ether oxygens (including phenoxy) is 2. The standard InChI is InChI=1S/C15H26N2O2/c1-5-18-14-8-7-13(9-15(14)19-6-2)11-17-12(3)10-16-4/h7-9,12,16-17H,5-6,10-11H2,1-4H3. The fourth-order valence-corrected chi connectivity index (χ4v) is 1.88. The van der Waals surface area contributed by atoms with E-state index < -0.39 is 0 Å².